The third-order valence-electron chi connectivity index (χ3n) is 2.76. The van der Waals surface area contributed by atoms with Crippen LogP contribution in [0.1, 0.15) is 31.9 Å². The maximum absolute atomic E-state index is 12.9. The molecule has 0 bridgehead atoms. The van der Waals surface area contributed by atoms with Gasteiger partial charge in [-0.05, 0) is 30.2 Å². The number of halogens is 1. The summed E-state index contributed by atoms with van der Waals surface area (Å²) in [5.41, 5.74) is 0.622. The SMILES string of the molecule is CCC(C)CNCC(O)c1cccc(F)c1. The summed E-state index contributed by atoms with van der Waals surface area (Å²) in [5, 5.41) is 13.0. The van der Waals surface area contributed by atoms with Gasteiger partial charge in [-0.2, -0.15) is 0 Å². The summed E-state index contributed by atoms with van der Waals surface area (Å²) in [5.74, 6) is 0.290. The zero-order valence-corrected chi connectivity index (χ0v) is 9.91. The largest absolute Gasteiger partial charge is 0.387 e. The van der Waals surface area contributed by atoms with Gasteiger partial charge in [-0.25, -0.2) is 4.39 Å². The van der Waals surface area contributed by atoms with E-state index < -0.39 is 6.10 Å². The fraction of sp³-hybridized carbons (Fsp3) is 0.538. The van der Waals surface area contributed by atoms with Crippen LogP contribution in [0.15, 0.2) is 24.3 Å². The summed E-state index contributed by atoms with van der Waals surface area (Å²) in [4.78, 5) is 0. The number of aliphatic hydroxyl groups is 1. The molecule has 3 heteroatoms. The Morgan fingerprint density at radius 3 is 2.75 bits per heavy atom. The normalized spacial score (nSPS) is 14.8. The number of hydrogen-bond acceptors (Lipinski definition) is 2. The van der Waals surface area contributed by atoms with Gasteiger partial charge in [0.25, 0.3) is 0 Å². The van der Waals surface area contributed by atoms with Gasteiger partial charge in [0.1, 0.15) is 5.82 Å². The van der Waals surface area contributed by atoms with Crippen molar-refractivity contribution in [2.45, 2.75) is 26.4 Å². The lowest BCUT2D eigenvalue weighted by atomic mass is 10.1. The van der Waals surface area contributed by atoms with E-state index in [1.54, 1.807) is 12.1 Å². The summed E-state index contributed by atoms with van der Waals surface area (Å²) in [6.45, 7) is 5.63. The van der Waals surface area contributed by atoms with Crippen LogP contribution in [-0.4, -0.2) is 18.2 Å². The van der Waals surface area contributed by atoms with Crippen LogP contribution in [0.25, 0.3) is 0 Å². The second-order valence-electron chi connectivity index (χ2n) is 4.24. The molecule has 0 saturated carbocycles. The van der Waals surface area contributed by atoms with Gasteiger partial charge < -0.3 is 10.4 Å². The summed E-state index contributed by atoms with van der Waals surface area (Å²) in [7, 11) is 0. The summed E-state index contributed by atoms with van der Waals surface area (Å²) in [6.07, 6.45) is 0.475. The smallest absolute Gasteiger partial charge is 0.123 e. The van der Waals surface area contributed by atoms with E-state index in [0.29, 0.717) is 18.0 Å². The molecule has 0 heterocycles. The van der Waals surface area contributed by atoms with E-state index in [1.807, 2.05) is 0 Å². The van der Waals surface area contributed by atoms with Crippen LogP contribution in [0.4, 0.5) is 4.39 Å². The van der Waals surface area contributed by atoms with Crippen molar-refractivity contribution in [3.63, 3.8) is 0 Å². The van der Waals surface area contributed by atoms with E-state index in [-0.39, 0.29) is 5.82 Å². The van der Waals surface area contributed by atoms with Gasteiger partial charge in [-0.15, -0.1) is 0 Å². The Morgan fingerprint density at radius 2 is 2.12 bits per heavy atom. The zero-order chi connectivity index (χ0) is 12.0. The molecule has 1 rings (SSSR count). The highest BCUT2D eigenvalue weighted by Crippen LogP contribution is 2.13. The molecule has 0 radical (unpaired) electrons. The molecule has 0 fully saturated rings. The van der Waals surface area contributed by atoms with Gasteiger partial charge in [-0.3, -0.25) is 0 Å². The number of nitrogens with one attached hydrogen (secondary N) is 1. The van der Waals surface area contributed by atoms with Crippen molar-refractivity contribution in [2.24, 2.45) is 5.92 Å². The molecular formula is C13H20FNO. The first-order chi connectivity index (χ1) is 7.63. The summed E-state index contributed by atoms with van der Waals surface area (Å²) in [6, 6.07) is 6.10. The molecule has 1 aromatic carbocycles. The van der Waals surface area contributed by atoms with E-state index in [9.17, 15) is 9.50 Å². The van der Waals surface area contributed by atoms with Crippen molar-refractivity contribution in [3.8, 4) is 0 Å². The van der Waals surface area contributed by atoms with Gasteiger partial charge in [-0.1, -0.05) is 32.4 Å². The number of aliphatic hydroxyl groups excluding tert-OH is 1. The first kappa shape index (κ1) is 13.1. The van der Waals surface area contributed by atoms with Crippen LogP contribution in [0.3, 0.4) is 0 Å². The highest BCUT2D eigenvalue weighted by Gasteiger charge is 2.08. The highest BCUT2D eigenvalue weighted by atomic mass is 19.1. The van der Waals surface area contributed by atoms with E-state index in [1.165, 1.54) is 12.1 Å². The molecule has 2 atom stereocenters. The second-order valence-corrected chi connectivity index (χ2v) is 4.24. The molecule has 0 aliphatic heterocycles. The number of hydrogen-bond donors (Lipinski definition) is 2. The minimum Gasteiger partial charge on any atom is -0.387 e. The molecule has 90 valence electrons. The monoisotopic (exact) mass is 225 g/mol. The molecule has 2 nitrogen and oxygen atoms in total. The highest BCUT2D eigenvalue weighted by molar-refractivity contribution is 5.18. The Morgan fingerprint density at radius 1 is 1.38 bits per heavy atom. The Hall–Kier alpha value is -0.930. The Labute approximate surface area is 96.5 Å². The molecule has 0 aromatic heterocycles. The minimum absolute atomic E-state index is 0.307. The lowest BCUT2D eigenvalue weighted by Gasteiger charge is -2.14. The fourth-order valence-electron chi connectivity index (χ4n) is 1.44. The zero-order valence-electron chi connectivity index (χ0n) is 9.91. The number of rotatable bonds is 6. The topological polar surface area (TPSA) is 32.3 Å². The maximum Gasteiger partial charge on any atom is 0.123 e. The Bertz CT molecular complexity index is 317. The lowest BCUT2D eigenvalue weighted by molar-refractivity contribution is 0.172. The second kappa shape index (κ2) is 6.61. The molecule has 0 amide bonds. The van der Waals surface area contributed by atoms with Gasteiger partial charge in [0, 0.05) is 6.54 Å². The van der Waals surface area contributed by atoms with Crippen molar-refractivity contribution in [1.29, 1.82) is 0 Å². The number of benzene rings is 1. The van der Waals surface area contributed by atoms with Crippen LogP contribution in [-0.2, 0) is 0 Å². The Balaban J connectivity index is 2.38. The minimum atomic E-state index is -0.639. The van der Waals surface area contributed by atoms with Crippen LogP contribution < -0.4 is 5.32 Å². The van der Waals surface area contributed by atoms with Gasteiger partial charge >= 0.3 is 0 Å². The van der Waals surface area contributed by atoms with E-state index >= 15 is 0 Å². The standard InChI is InChI=1S/C13H20FNO/c1-3-10(2)8-15-9-13(16)11-5-4-6-12(14)7-11/h4-7,10,13,15-16H,3,8-9H2,1-2H3. The average Bonchev–Trinajstić information content (AvgIpc) is 2.28. The van der Waals surface area contributed by atoms with E-state index in [4.69, 9.17) is 0 Å². The third kappa shape index (κ3) is 4.29. The van der Waals surface area contributed by atoms with Gasteiger partial charge in [0.05, 0.1) is 6.10 Å². The molecule has 2 unspecified atom stereocenters. The van der Waals surface area contributed by atoms with Crippen LogP contribution >= 0.6 is 0 Å². The Kier molecular flexibility index (Phi) is 5.43. The van der Waals surface area contributed by atoms with Crippen molar-refractivity contribution in [3.05, 3.63) is 35.6 Å². The molecule has 2 N–H and O–H groups in total. The van der Waals surface area contributed by atoms with Crippen LogP contribution in [0, 0.1) is 11.7 Å². The van der Waals surface area contributed by atoms with Crippen molar-refractivity contribution in [1.82, 2.24) is 5.32 Å². The van der Waals surface area contributed by atoms with Gasteiger partial charge in [0.15, 0.2) is 0 Å². The fourth-order valence-corrected chi connectivity index (χ4v) is 1.44. The molecule has 0 spiro atoms. The first-order valence-corrected chi connectivity index (χ1v) is 5.77. The molecule has 0 aliphatic carbocycles. The van der Waals surface area contributed by atoms with Crippen molar-refractivity contribution >= 4 is 0 Å². The predicted octanol–water partition coefficient (Wildman–Crippen LogP) is 2.49. The van der Waals surface area contributed by atoms with Crippen molar-refractivity contribution in [2.75, 3.05) is 13.1 Å². The summed E-state index contributed by atoms with van der Waals surface area (Å²) < 4.78 is 12.9. The van der Waals surface area contributed by atoms with Crippen molar-refractivity contribution < 1.29 is 9.50 Å². The van der Waals surface area contributed by atoms with Crippen LogP contribution in [0.2, 0.25) is 0 Å². The van der Waals surface area contributed by atoms with E-state index in [2.05, 4.69) is 19.2 Å². The molecular weight excluding hydrogens is 205 g/mol. The van der Waals surface area contributed by atoms with E-state index in [0.717, 1.165) is 13.0 Å². The third-order valence-corrected chi connectivity index (χ3v) is 2.76. The molecule has 16 heavy (non-hydrogen) atoms. The maximum atomic E-state index is 12.9. The predicted molar refractivity (Wildman–Crippen MR) is 63.7 cm³/mol. The molecule has 0 aliphatic rings. The van der Waals surface area contributed by atoms with Gasteiger partial charge in [0.2, 0.25) is 0 Å². The quantitative estimate of drug-likeness (QED) is 0.779. The average molecular weight is 225 g/mol. The first-order valence-electron chi connectivity index (χ1n) is 5.77. The molecule has 0 saturated heterocycles. The molecule has 1 aromatic rings. The van der Waals surface area contributed by atoms with Crippen LogP contribution in [0.5, 0.6) is 0 Å². The summed E-state index contributed by atoms with van der Waals surface area (Å²) >= 11 is 0. The lowest BCUT2D eigenvalue weighted by Crippen LogP contribution is -2.26.